The highest BCUT2D eigenvalue weighted by atomic mass is 32.2. The summed E-state index contributed by atoms with van der Waals surface area (Å²) in [5.41, 5.74) is 1.26. The lowest BCUT2D eigenvalue weighted by molar-refractivity contribution is 0.101. The van der Waals surface area contributed by atoms with E-state index in [1.54, 1.807) is 30.5 Å². The maximum Gasteiger partial charge on any atom is 0.278 e. The molecule has 0 saturated heterocycles. The fourth-order valence-electron chi connectivity index (χ4n) is 2.17. The number of carbonyl (C=O) groups is 1. The molecule has 0 fully saturated rings. The summed E-state index contributed by atoms with van der Waals surface area (Å²) < 4.78 is 32.8. The number of benzene rings is 2. The zero-order chi connectivity index (χ0) is 18.6. The summed E-state index contributed by atoms with van der Waals surface area (Å²) in [7, 11) is -3.65. The zero-order valence-corrected chi connectivity index (χ0v) is 15.5. The van der Waals surface area contributed by atoms with Gasteiger partial charge in [0.25, 0.3) is 5.19 Å². The van der Waals surface area contributed by atoms with Gasteiger partial charge in [-0.1, -0.05) is 35.6 Å². The Morgan fingerprint density at radius 2 is 1.81 bits per heavy atom. The van der Waals surface area contributed by atoms with E-state index in [0.717, 1.165) is 5.56 Å². The van der Waals surface area contributed by atoms with Crippen LogP contribution in [0.1, 0.15) is 22.8 Å². The molecule has 0 unspecified atom stereocenters. The number of hydrogen-bond donors (Lipinski definition) is 1. The molecule has 26 heavy (non-hydrogen) atoms. The van der Waals surface area contributed by atoms with Crippen LogP contribution in [-0.4, -0.2) is 19.2 Å². The number of ketones is 1. The van der Waals surface area contributed by atoms with E-state index in [0.29, 0.717) is 16.5 Å². The average Bonchev–Trinajstić information content (AvgIpc) is 3.14. The fraction of sp³-hybridized carbons (Fsp3) is 0.111. The quantitative estimate of drug-likeness (QED) is 0.625. The number of aromatic nitrogens is 1. The smallest absolute Gasteiger partial charge is 0.278 e. The molecule has 8 heteroatoms. The van der Waals surface area contributed by atoms with E-state index in [9.17, 15) is 13.2 Å². The highest BCUT2D eigenvalue weighted by molar-refractivity contribution is 7.89. The predicted octanol–water partition coefficient (Wildman–Crippen LogP) is 3.62. The monoisotopic (exact) mass is 388 g/mol. The summed E-state index contributed by atoms with van der Waals surface area (Å²) in [6, 6.07) is 12.9. The van der Waals surface area contributed by atoms with E-state index in [-0.39, 0.29) is 17.2 Å². The molecule has 0 aliphatic carbocycles. The van der Waals surface area contributed by atoms with Crippen molar-refractivity contribution in [3.05, 3.63) is 71.2 Å². The highest BCUT2D eigenvalue weighted by Gasteiger charge is 2.14. The lowest BCUT2D eigenvalue weighted by Gasteiger charge is -2.08. The number of sulfonamides is 1. The van der Waals surface area contributed by atoms with Gasteiger partial charge < -0.3 is 4.74 Å². The van der Waals surface area contributed by atoms with Crippen molar-refractivity contribution in [1.29, 1.82) is 0 Å². The first-order valence-corrected chi connectivity index (χ1v) is 10.1. The fourth-order valence-corrected chi connectivity index (χ4v) is 3.69. The van der Waals surface area contributed by atoms with Crippen LogP contribution in [0.4, 0.5) is 0 Å². The largest absolute Gasteiger partial charge is 0.431 e. The normalized spacial score (nSPS) is 11.3. The van der Waals surface area contributed by atoms with Gasteiger partial charge in [0.15, 0.2) is 5.78 Å². The Balaban J connectivity index is 1.63. The van der Waals surface area contributed by atoms with E-state index in [4.69, 9.17) is 4.74 Å². The van der Waals surface area contributed by atoms with Gasteiger partial charge in [0.05, 0.1) is 4.90 Å². The molecule has 3 rings (SSSR count). The van der Waals surface area contributed by atoms with Crippen molar-refractivity contribution in [3.8, 4) is 10.9 Å². The molecule has 0 aliphatic heterocycles. The molecule has 0 bridgehead atoms. The summed E-state index contributed by atoms with van der Waals surface area (Å²) in [4.78, 5) is 15.4. The van der Waals surface area contributed by atoms with Crippen LogP contribution in [0.2, 0.25) is 0 Å². The lowest BCUT2D eigenvalue weighted by Crippen LogP contribution is -2.23. The van der Waals surface area contributed by atoms with Gasteiger partial charge in [-0.2, -0.15) is 0 Å². The van der Waals surface area contributed by atoms with Crippen molar-refractivity contribution in [2.24, 2.45) is 0 Å². The molecule has 0 amide bonds. The Morgan fingerprint density at radius 1 is 1.12 bits per heavy atom. The molecule has 1 heterocycles. The second-order valence-electron chi connectivity index (χ2n) is 5.45. The summed E-state index contributed by atoms with van der Waals surface area (Å²) in [6.45, 7) is 1.58. The molecule has 3 aromatic rings. The third kappa shape index (κ3) is 4.54. The summed E-state index contributed by atoms with van der Waals surface area (Å²) in [5.74, 6) is 0.522. The number of ether oxygens (including phenoxy) is 1. The molecular weight excluding hydrogens is 372 g/mol. The topological polar surface area (TPSA) is 85.4 Å². The van der Waals surface area contributed by atoms with Gasteiger partial charge in [-0.3, -0.25) is 4.79 Å². The van der Waals surface area contributed by atoms with Crippen molar-refractivity contribution < 1.29 is 17.9 Å². The Labute approximate surface area is 155 Å². The lowest BCUT2D eigenvalue weighted by atomic mass is 10.2. The molecule has 1 aromatic heterocycles. The van der Waals surface area contributed by atoms with E-state index in [1.807, 2.05) is 5.38 Å². The van der Waals surface area contributed by atoms with Gasteiger partial charge in [0.2, 0.25) is 10.0 Å². The minimum Gasteiger partial charge on any atom is -0.431 e. The molecule has 0 atom stereocenters. The molecule has 0 spiro atoms. The van der Waals surface area contributed by atoms with Crippen LogP contribution < -0.4 is 9.46 Å². The molecule has 6 nitrogen and oxygen atoms in total. The van der Waals surface area contributed by atoms with Crippen LogP contribution in [0.25, 0.3) is 0 Å². The van der Waals surface area contributed by atoms with Gasteiger partial charge in [-0.25, -0.2) is 18.1 Å². The van der Waals surface area contributed by atoms with Gasteiger partial charge in [0.1, 0.15) is 5.75 Å². The van der Waals surface area contributed by atoms with Crippen LogP contribution in [0.15, 0.2) is 65.0 Å². The second kappa shape index (κ2) is 7.77. The predicted molar refractivity (Wildman–Crippen MR) is 99.1 cm³/mol. The number of hydrogen-bond acceptors (Lipinski definition) is 6. The molecule has 134 valence electrons. The minimum absolute atomic E-state index is 0.109. The Morgan fingerprint density at radius 3 is 2.38 bits per heavy atom. The first-order valence-electron chi connectivity index (χ1n) is 7.71. The van der Waals surface area contributed by atoms with E-state index >= 15 is 0 Å². The number of rotatable bonds is 7. The van der Waals surface area contributed by atoms with E-state index in [2.05, 4.69) is 9.71 Å². The van der Waals surface area contributed by atoms with Crippen LogP contribution in [0.3, 0.4) is 0 Å². The third-order valence-electron chi connectivity index (χ3n) is 3.58. The number of thiazole rings is 1. The SMILES string of the molecule is CC(=O)c1ccc(S(=O)(=O)NCc2ccc(Oc3nccs3)cc2)cc1. The van der Waals surface area contributed by atoms with E-state index < -0.39 is 10.0 Å². The van der Waals surface area contributed by atoms with Crippen LogP contribution in [0.5, 0.6) is 10.9 Å². The van der Waals surface area contributed by atoms with Crippen LogP contribution in [-0.2, 0) is 16.6 Å². The molecule has 1 N–H and O–H groups in total. The molecule has 0 aliphatic rings. The number of nitrogens with one attached hydrogen (secondary N) is 1. The standard InChI is InChI=1S/C18H16N2O4S2/c1-13(21)15-4-8-17(9-5-15)26(22,23)20-12-14-2-6-16(7-3-14)24-18-19-10-11-25-18/h2-11,20H,12H2,1H3. The number of carbonyl (C=O) groups excluding carboxylic acids is 1. The molecular formula is C18H16N2O4S2. The molecule has 0 saturated carbocycles. The third-order valence-corrected chi connectivity index (χ3v) is 5.64. The van der Waals surface area contributed by atoms with Gasteiger partial charge >= 0.3 is 0 Å². The van der Waals surface area contributed by atoms with Gasteiger partial charge in [-0.15, -0.1) is 0 Å². The first kappa shape index (κ1) is 18.2. The summed E-state index contributed by atoms with van der Waals surface area (Å²) in [6.07, 6.45) is 1.66. The maximum atomic E-state index is 12.3. The van der Waals surface area contributed by atoms with Crippen molar-refractivity contribution in [1.82, 2.24) is 9.71 Å². The average molecular weight is 388 g/mol. The van der Waals surface area contributed by atoms with Crippen molar-refractivity contribution >= 4 is 27.1 Å². The van der Waals surface area contributed by atoms with E-state index in [1.165, 1.54) is 42.5 Å². The van der Waals surface area contributed by atoms with Crippen LogP contribution >= 0.6 is 11.3 Å². The zero-order valence-electron chi connectivity index (χ0n) is 13.9. The van der Waals surface area contributed by atoms with Crippen molar-refractivity contribution in [3.63, 3.8) is 0 Å². The number of Topliss-reactive ketones (excluding diaryl/α,β-unsaturated/α-hetero) is 1. The van der Waals surface area contributed by atoms with Crippen molar-refractivity contribution in [2.45, 2.75) is 18.4 Å². The highest BCUT2D eigenvalue weighted by Crippen LogP contribution is 2.23. The van der Waals surface area contributed by atoms with Gasteiger partial charge in [-0.05, 0) is 36.8 Å². The number of nitrogens with zero attached hydrogens (tertiary/aromatic N) is 1. The summed E-state index contributed by atoms with van der Waals surface area (Å²) >= 11 is 1.39. The second-order valence-corrected chi connectivity index (χ2v) is 8.07. The maximum absolute atomic E-state index is 12.3. The van der Waals surface area contributed by atoms with Crippen LogP contribution in [0, 0.1) is 0 Å². The van der Waals surface area contributed by atoms with Gasteiger partial charge in [0, 0.05) is 23.7 Å². The van der Waals surface area contributed by atoms with Crippen molar-refractivity contribution in [2.75, 3.05) is 0 Å². The molecule has 0 radical (unpaired) electrons. The Hall–Kier alpha value is -2.55. The Bertz CT molecular complexity index is 981. The minimum atomic E-state index is -3.65. The summed E-state index contributed by atoms with van der Waals surface area (Å²) in [5, 5.41) is 2.37. The molecule has 2 aromatic carbocycles. The Kier molecular flexibility index (Phi) is 5.46. The first-order chi connectivity index (χ1) is 12.4.